The third-order valence-electron chi connectivity index (χ3n) is 3.43. The van der Waals surface area contributed by atoms with Crippen LogP contribution in [0.15, 0.2) is 18.2 Å². The van der Waals surface area contributed by atoms with Crippen LogP contribution in [0.25, 0.3) is 0 Å². The zero-order valence-electron chi connectivity index (χ0n) is 13.1. The molecule has 6 heteroatoms. The van der Waals surface area contributed by atoms with Crippen molar-refractivity contribution >= 4 is 11.8 Å². The highest BCUT2D eigenvalue weighted by Crippen LogP contribution is 2.28. The molecule has 22 heavy (non-hydrogen) atoms. The molecule has 1 unspecified atom stereocenters. The van der Waals surface area contributed by atoms with Crippen molar-refractivity contribution in [2.24, 2.45) is 5.92 Å². The molecule has 1 heterocycles. The number of rotatable bonds is 4. The number of carbonyl (C=O) groups excluding carboxylic acids is 2. The Hall–Kier alpha value is -2.24. The molecule has 1 fully saturated rings. The SMILES string of the molecule is CC.O=C1CCC(C(=O)NCCc2cccc(O)c2O)CN1. The largest absolute Gasteiger partial charge is 0.504 e. The lowest BCUT2D eigenvalue weighted by Gasteiger charge is -2.21. The zero-order valence-corrected chi connectivity index (χ0v) is 13.1. The Morgan fingerprint density at radius 1 is 1.36 bits per heavy atom. The predicted octanol–water partition coefficient (Wildman–Crippen LogP) is 1.31. The Labute approximate surface area is 130 Å². The molecule has 6 nitrogen and oxygen atoms in total. The van der Waals surface area contributed by atoms with E-state index < -0.39 is 0 Å². The first-order chi connectivity index (χ1) is 10.6. The summed E-state index contributed by atoms with van der Waals surface area (Å²) >= 11 is 0. The molecule has 1 aliphatic heterocycles. The van der Waals surface area contributed by atoms with Gasteiger partial charge in [0, 0.05) is 19.5 Å². The Kier molecular flexibility index (Phi) is 7.22. The molecule has 1 aromatic carbocycles. The molecule has 2 rings (SSSR count). The maximum atomic E-state index is 11.9. The Morgan fingerprint density at radius 3 is 2.73 bits per heavy atom. The number of phenols is 2. The first kappa shape index (κ1) is 17.8. The quantitative estimate of drug-likeness (QED) is 0.630. The van der Waals surface area contributed by atoms with Crippen LogP contribution in [0.3, 0.4) is 0 Å². The van der Waals surface area contributed by atoms with Gasteiger partial charge in [0.05, 0.1) is 5.92 Å². The summed E-state index contributed by atoms with van der Waals surface area (Å²) in [5.41, 5.74) is 0.585. The summed E-state index contributed by atoms with van der Waals surface area (Å²) < 4.78 is 0. The van der Waals surface area contributed by atoms with E-state index in [4.69, 9.17) is 0 Å². The first-order valence-electron chi connectivity index (χ1n) is 7.62. The van der Waals surface area contributed by atoms with Gasteiger partial charge in [0.2, 0.25) is 11.8 Å². The number of piperidine rings is 1. The van der Waals surface area contributed by atoms with Crippen LogP contribution < -0.4 is 10.6 Å². The van der Waals surface area contributed by atoms with Gasteiger partial charge < -0.3 is 20.8 Å². The van der Waals surface area contributed by atoms with Crippen LogP contribution in [0.5, 0.6) is 11.5 Å². The molecule has 1 aromatic rings. The highest BCUT2D eigenvalue weighted by molar-refractivity contribution is 5.83. The van der Waals surface area contributed by atoms with Gasteiger partial charge in [0.25, 0.3) is 0 Å². The van der Waals surface area contributed by atoms with Gasteiger partial charge in [0.15, 0.2) is 11.5 Å². The number of carbonyl (C=O) groups is 2. The molecular formula is C16H24N2O4. The monoisotopic (exact) mass is 308 g/mol. The van der Waals surface area contributed by atoms with Crippen LogP contribution in [0.1, 0.15) is 32.3 Å². The van der Waals surface area contributed by atoms with E-state index in [-0.39, 0.29) is 29.2 Å². The molecule has 1 aliphatic rings. The summed E-state index contributed by atoms with van der Waals surface area (Å²) in [4.78, 5) is 22.9. The third-order valence-corrected chi connectivity index (χ3v) is 3.43. The number of aromatic hydroxyl groups is 2. The van der Waals surface area contributed by atoms with Gasteiger partial charge in [-0.2, -0.15) is 0 Å². The van der Waals surface area contributed by atoms with Crippen LogP contribution in [0.2, 0.25) is 0 Å². The van der Waals surface area contributed by atoms with Gasteiger partial charge in [-0.1, -0.05) is 26.0 Å². The minimum Gasteiger partial charge on any atom is -0.504 e. The summed E-state index contributed by atoms with van der Waals surface area (Å²) in [6, 6.07) is 4.74. The molecule has 2 amide bonds. The summed E-state index contributed by atoms with van der Waals surface area (Å²) in [5.74, 6) is -0.607. The van der Waals surface area contributed by atoms with Gasteiger partial charge in [0.1, 0.15) is 0 Å². The van der Waals surface area contributed by atoms with Crippen LogP contribution in [0, 0.1) is 5.92 Å². The summed E-state index contributed by atoms with van der Waals surface area (Å²) in [6.07, 6.45) is 1.38. The van der Waals surface area contributed by atoms with Crippen molar-refractivity contribution < 1.29 is 19.8 Å². The molecular weight excluding hydrogens is 284 g/mol. The Balaban J connectivity index is 0.00000116. The maximum absolute atomic E-state index is 11.9. The van der Waals surface area contributed by atoms with E-state index in [1.54, 1.807) is 12.1 Å². The molecule has 122 valence electrons. The Morgan fingerprint density at radius 2 is 2.09 bits per heavy atom. The molecule has 0 radical (unpaired) electrons. The van der Waals surface area contributed by atoms with Crippen LogP contribution in [-0.2, 0) is 16.0 Å². The second-order valence-electron chi connectivity index (χ2n) is 4.87. The summed E-state index contributed by atoms with van der Waals surface area (Å²) in [5, 5.41) is 24.4. The van der Waals surface area contributed by atoms with Crippen molar-refractivity contribution in [2.75, 3.05) is 13.1 Å². The second kappa shape index (κ2) is 8.92. The topological polar surface area (TPSA) is 98.7 Å². The highest BCUT2D eigenvalue weighted by Gasteiger charge is 2.23. The van der Waals surface area contributed by atoms with Crippen LogP contribution in [0.4, 0.5) is 0 Å². The van der Waals surface area contributed by atoms with Crippen molar-refractivity contribution in [1.29, 1.82) is 0 Å². The normalized spacial score (nSPS) is 17.0. The van der Waals surface area contributed by atoms with Crippen molar-refractivity contribution in [3.63, 3.8) is 0 Å². The maximum Gasteiger partial charge on any atom is 0.224 e. The molecule has 0 spiro atoms. The van der Waals surface area contributed by atoms with Crippen LogP contribution >= 0.6 is 0 Å². The number of para-hydroxylation sites is 1. The molecule has 4 N–H and O–H groups in total. The van der Waals surface area contributed by atoms with Crippen LogP contribution in [-0.4, -0.2) is 35.1 Å². The number of amides is 2. The number of hydrogen-bond acceptors (Lipinski definition) is 4. The lowest BCUT2D eigenvalue weighted by atomic mass is 9.98. The molecule has 0 bridgehead atoms. The second-order valence-corrected chi connectivity index (χ2v) is 4.87. The predicted molar refractivity (Wildman–Crippen MR) is 83.6 cm³/mol. The number of hydrogen-bond donors (Lipinski definition) is 4. The van der Waals surface area contributed by atoms with Gasteiger partial charge in [-0.25, -0.2) is 0 Å². The Bertz CT molecular complexity index is 507. The summed E-state index contributed by atoms with van der Waals surface area (Å²) in [6.45, 7) is 4.75. The van der Waals surface area contributed by atoms with E-state index in [1.165, 1.54) is 6.07 Å². The average Bonchev–Trinajstić information content (AvgIpc) is 2.54. The standard InChI is InChI=1S/C14H18N2O4.C2H6/c17-11-3-1-2-9(13(11)19)6-7-15-14(20)10-4-5-12(18)16-8-10;1-2/h1-3,10,17,19H,4-8H2,(H,15,20)(H,16,18);1-2H3. The van der Waals surface area contributed by atoms with E-state index in [0.29, 0.717) is 37.9 Å². The third kappa shape index (κ3) is 4.95. The van der Waals surface area contributed by atoms with Gasteiger partial charge >= 0.3 is 0 Å². The minimum atomic E-state index is -0.189. The molecule has 0 saturated carbocycles. The van der Waals surface area contributed by atoms with Gasteiger partial charge in [-0.05, 0) is 24.5 Å². The smallest absolute Gasteiger partial charge is 0.224 e. The van der Waals surface area contributed by atoms with E-state index >= 15 is 0 Å². The van der Waals surface area contributed by atoms with Crippen molar-refractivity contribution in [3.05, 3.63) is 23.8 Å². The number of nitrogens with one attached hydrogen (secondary N) is 2. The number of benzene rings is 1. The fraction of sp³-hybridized carbons (Fsp3) is 0.500. The fourth-order valence-corrected chi connectivity index (χ4v) is 2.20. The zero-order chi connectivity index (χ0) is 16.5. The van der Waals surface area contributed by atoms with Gasteiger partial charge in [-0.3, -0.25) is 9.59 Å². The number of phenolic OH excluding ortho intramolecular Hbond substituents is 2. The van der Waals surface area contributed by atoms with Crippen molar-refractivity contribution in [1.82, 2.24) is 10.6 Å². The molecule has 1 atom stereocenters. The molecule has 0 aliphatic carbocycles. The van der Waals surface area contributed by atoms with E-state index in [0.717, 1.165) is 0 Å². The molecule has 1 saturated heterocycles. The highest BCUT2D eigenvalue weighted by atomic mass is 16.3. The fourth-order valence-electron chi connectivity index (χ4n) is 2.20. The van der Waals surface area contributed by atoms with Gasteiger partial charge in [-0.15, -0.1) is 0 Å². The van der Waals surface area contributed by atoms with Crippen molar-refractivity contribution in [2.45, 2.75) is 33.1 Å². The summed E-state index contributed by atoms with van der Waals surface area (Å²) in [7, 11) is 0. The average molecular weight is 308 g/mol. The lowest BCUT2D eigenvalue weighted by molar-refractivity contribution is -0.128. The van der Waals surface area contributed by atoms with E-state index in [9.17, 15) is 19.8 Å². The van der Waals surface area contributed by atoms with Crippen molar-refractivity contribution in [3.8, 4) is 11.5 Å². The van der Waals surface area contributed by atoms with E-state index in [2.05, 4.69) is 10.6 Å². The molecule has 0 aromatic heterocycles. The minimum absolute atomic E-state index is 0.0151. The lowest BCUT2D eigenvalue weighted by Crippen LogP contribution is -2.43. The van der Waals surface area contributed by atoms with E-state index in [1.807, 2.05) is 13.8 Å². The first-order valence-corrected chi connectivity index (χ1v) is 7.62.